The highest BCUT2D eigenvalue weighted by Gasteiger charge is 2.40. The van der Waals surface area contributed by atoms with Crippen LogP contribution in [0.4, 0.5) is 14.5 Å². The third-order valence-corrected chi connectivity index (χ3v) is 8.19. The zero-order valence-corrected chi connectivity index (χ0v) is 24.4. The number of carbonyl (C=O) groups is 3. The molecule has 3 aromatic rings. The molecule has 0 radical (unpaired) electrons. The summed E-state index contributed by atoms with van der Waals surface area (Å²) in [6, 6.07) is 15.7. The molecule has 11 heteroatoms. The van der Waals surface area contributed by atoms with Crippen molar-refractivity contribution in [1.82, 2.24) is 15.5 Å². The van der Waals surface area contributed by atoms with E-state index in [2.05, 4.69) is 10.6 Å². The van der Waals surface area contributed by atoms with E-state index >= 15 is 0 Å². The molecule has 0 saturated heterocycles. The van der Waals surface area contributed by atoms with Crippen LogP contribution in [-0.4, -0.2) is 61.9 Å². The maximum atomic E-state index is 14.2. The Morgan fingerprint density at radius 1 is 1.05 bits per heavy atom. The number of carbonyl (C=O) groups excluding carboxylic acids is 3. The number of benzene rings is 3. The summed E-state index contributed by atoms with van der Waals surface area (Å²) in [5.41, 5.74) is 1.65. The van der Waals surface area contributed by atoms with Gasteiger partial charge in [0.25, 0.3) is 5.91 Å². The number of anilines is 1. The van der Waals surface area contributed by atoms with Crippen molar-refractivity contribution in [1.29, 1.82) is 0 Å². The average molecular weight is 601 g/mol. The molecule has 0 aromatic heterocycles. The van der Waals surface area contributed by atoms with Crippen LogP contribution in [0.3, 0.4) is 0 Å². The largest absolute Gasteiger partial charge is 0.344 e. The minimum Gasteiger partial charge on any atom is -0.344 e. The maximum absolute atomic E-state index is 14.2. The first kappa shape index (κ1) is 30.5. The molecule has 41 heavy (non-hydrogen) atoms. The van der Waals surface area contributed by atoms with Crippen molar-refractivity contribution in [2.24, 2.45) is 0 Å². The Bertz CT molecular complexity index is 1410. The Hall–Kier alpha value is -3.47. The van der Waals surface area contributed by atoms with Crippen molar-refractivity contribution < 1.29 is 23.2 Å². The molecule has 1 aliphatic rings. The normalized spacial score (nSPS) is 17.5. The first-order valence-electron chi connectivity index (χ1n) is 13.0. The summed E-state index contributed by atoms with van der Waals surface area (Å²) in [6.07, 6.45) is -0.314. The average Bonchev–Trinajstić information content (AvgIpc) is 3.01. The highest BCUT2D eigenvalue weighted by Crippen LogP contribution is 2.46. The van der Waals surface area contributed by atoms with Gasteiger partial charge in [-0.15, -0.1) is 11.8 Å². The Balaban J connectivity index is 1.60. The van der Waals surface area contributed by atoms with Gasteiger partial charge in [-0.2, -0.15) is 0 Å². The molecule has 0 saturated carbocycles. The number of halogens is 3. The number of hydrogen-bond acceptors (Lipinski definition) is 5. The number of fused-ring (bicyclic) bond motifs is 1. The minimum absolute atomic E-state index is 0.139. The van der Waals surface area contributed by atoms with Crippen LogP contribution in [0, 0.1) is 11.6 Å². The van der Waals surface area contributed by atoms with Gasteiger partial charge >= 0.3 is 0 Å². The Morgan fingerprint density at radius 3 is 2.39 bits per heavy atom. The van der Waals surface area contributed by atoms with Gasteiger partial charge in [-0.3, -0.25) is 14.4 Å². The van der Waals surface area contributed by atoms with Crippen LogP contribution in [0.25, 0.3) is 0 Å². The van der Waals surface area contributed by atoms with Crippen molar-refractivity contribution in [3.63, 3.8) is 0 Å². The van der Waals surface area contributed by atoms with Gasteiger partial charge < -0.3 is 20.4 Å². The van der Waals surface area contributed by atoms with Crippen molar-refractivity contribution >= 4 is 46.8 Å². The van der Waals surface area contributed by atoms with E-state index in [9.17, 15) is 23.2 Å². The molecule has 1 heterocycles. The number of hydrogen-bond donors (Lipinski definition) is 2. The summed E-state index contributed by atoms with van der Waals surface area (Å²) >= 11 is 7.79. The lowest BCUT2D eigenvalue weighted by Gasteiger charge is -2.30. The summed E-state index contributed by atoms with van der Waals surface area (Å²) in [4.78, 5) is 44.6. The standard InChI is InChI=1S/C30H31ClF2N4O3S/c1-18(34-26(38)15-19-13-22(32)17-23(33)14-19)29(39)35-27-28(20-7-5-4-6-8-20)41-25-10-9-21(31)16-24(25)37(30(27)40)12-11-36(2)3/h4-10,13-14,16-18,27-28H,11-12,15H2,1-3H3,(H,34,38)(H,35,39)/t18-,27+,28?/m1/s1. The van der Waals surface area contributed by atoms with Crippen LogP contribution in [0.15, 0.2) is 71.6 Å². The van der Waals surface area contributed by atoms with E-state index in [4.69, 9.17) is 11.6 Å². The number of nitrogens with zero attached hydrogens (tertiary/aromatic N) is 2. The number of nitrogens with one attached hydrogen (secondary N) is 2. The molecule has 1 aliphatic heterocycles. The zero-order valence-electron chi connectivity index (χ0n) is 22.9. The third kappa shape index (κ3) is 7.84. The fourth-order valence-electron chi connectivity index (χ4n) is 4.53. The molecule has 216 valence electrons. The van der Waals surface area contributed by atoms with E-state index in [-0.39, 0.29) is 17.9 Å². The lowest BCUT2D eigenvalue weighted by molar-refractivity contribution is -0.130. The highest BCUT2D eigenvalue weighted by molar-refractivity contribution is 7.99. The fraction of sp³-hybridized carbons (Fsp3) is 0.300. The van der Waals surface area contributed by atoms with E-state index in [0.29, 0.717) is 23.8 Å². The predicted octanol–water partition coefficient (Wildman–Crippen LogP) is 4.59. The number of amides is 3. The van der Waals surface area contributed by atoms with Gasteiger partial charge in [0.2, 0.25) is 11.8 Å². The van der Waals surface area contributed by atoms with Gasteiger partial charge in [-0.05, 0) is 62.5 Å². The van der Waals surface area contributed by atoms with Gasteiger partial charge in [0.1, 0.15) is 23.7 Å². The molecule has 1 unspecified atom stereocenters. The summed E-state index contributed by atoms with van der Waals surface area (Å²) in [5, 5.41) is 5.45. The van der Waals surface area contributed by atoms with Gasteiger partial charge in [0, 0.05) is 29.1 Å². The smallest absolute Gasteiger partial charge is 0.251 e. The SMILES string of the molecule is C[C@@H](NC(=O)Cc1cc(F)cc(F)c1)C(=O)N[C@@H]1C(=O)N(CCN(C)C)c2cc(Cl)ccc2SC1c1ccccc1. The quantitative estimate of drug-likeness (QED) is 0.375. The van der Waals surface area contributed by atoms with E-state index in [1.807, 2.05) is 55.4 Å². The summed E-state index contributed by atoms with van der Waals surface area (Å²) < 4.78 is 27.1. The van der Waals surface area contributed by atoms with E-state index in [1.165, 1.54) is 18.7 Å². The van der Waals surface area contributed by atoms with Crippen LogP contribution < -0.4 is 15.5 Å². The zero-order chi connectivity index (χ0) is 29.7. The number of rotatable bonds is 9. The number of thioether (sulfide) groups is 1. The Labute approximate surface area is 247 Å². The Kier molecular flexibility index (Phi) is 10.0. The summed E-state index contributed by atoms with van der Waals surface area (Å²) in [5.74, 6) is -3.06. The molecule has 0 aliphatic carbocycles. The molecule has 3 atom stereocenters. The lowest BCUT2D eigenvalue weighted by atomic mass is 10.0. The third-order valence-electron chi connectivity index (χ3n) is 6.56. The molecular weight excluding hydrogens is 570 g/mol. The van der Waals surface area contributed by atoms with Crippen molar-refractivity contribution in [2.75, 3.05) is 32.1 Å². The van der Waals surface area contributed by atoms with Crippen molar-refractivity contribution in [2.45, 2.75) is 35.6 Å². The number of likely N-dealkylation sites (N-methyl/N-ethyl adjacent to an activating group) is 1. The Morgan fingerprint density at radius 2 is 1.73 bits per heavy atom. The molecule has 0 fully saturated rings. The molecule has 7 nitrogen and oxygen atoms in total. The second kappa shape index (κ2) is 13.5. The molecule has 3 aromatic carbocycles. The van der Waals surface area contributed by atoms with Crippen LogP contribution in [0.2, 0.25) is 5.02 Å². The van der Waals surface area contributed by atoms with Crippen LogP contribution >= 0.6 is 23.4 Å². The molecular formula is C30H31ClF2N4O3S. The van der Waals surface area contributed by atoms with Crippen LogP contribution in [-0.2, 0) is 20.8 Å². The van der Waals surface area contributed by atoms with E-state index in [1.54, 1.807) is 17.0 Å². The summed E-state index contributed by atoms with van der Waals surface area (Å²) in [7, 11) is 3.81. The second-order valence-electron chi connectivity index (χ2n) is 10.1. The molecule has 0 spiro atoms. The first-order valence-corrected chi connectivity index (χ1v) is 14.3. The topological polar surface area (TPSA) is 81.8 Å². The van der Waals surface area contributed by atoms with Crippen molar-refractivity contribution in [3.05, 3.63) is 94.5 Å². The minimum atomic E-state index is -1.02. The molecule has 3 amide bonds. The predicted molar refractivity (Wildman–Crippen MR) is 157 cm³/mol. The maximum Gasteiger partial charge on any atom is 0.251 e. The van der Waals surface area contributed by atoms with Gasteiger partial charge in [0.05, 0.1) is 17.4 Å². The highest BCUT2D eigenvalue weighted by atomic mass is 35.5. The summed E-state index contributed by atoms with van der Waals surface area (Å²) in [6.45, 7) is 2.43. The van der Waals surface area contributed by atoms with E-state index in [0.717, 1.165) is 28.7 Å². The molecule has 2 N–H and O–H groups in total. The van der Waals surface area contributed by atoms with Gasteiger partial charge in [0.15, 0.2) is 0 Å². The monoisotopic (exact) mass is 600 g/mol. The van der Waals surface area contributed by atoms with E-state index < -0.39 is 40.8 Å². The fourth-order valence-corrected chi connectivity index (χ4v) is 6.02. The second-order valence-corrected chi connectivity index (χ2v) is 11.7. The van der Waals surface area contributed by atoms with Gasteiger partial charge in [-0.25, -0.2) is 8.78 Å². The molecule has 4 rings (SSSR count). The first-order chi connectivity index (χ1) is 19.5. The lowest BCUT2D eigenvalue weighted by Crippen LogP contribution is -2.55. The van der Waals surface area contributed by atoms with Crippen LogP contribution in [0.1, 0.15) is 23.3 Å². The van der Waals surface area contributed by atoms with Crippen LogP contribution in [0.5, 0.6) is 0 Å². The molecule has 0 bridgehead atoms. The van der Waals surface area contributed by atoms with Gasteiger partial charge in [-0.1, -0.05) is 41.9 Å². The van der Waals surface area contributed by atoms with Crippen molar-refractivity contribution in [3.8, 4) is 0 Å².